The second kappa shape index (κ2) is 7.28. The Labute approximate surface area is 135 Å². The minimum atomic E-state index is -0.120. The average Bonchev–Trinajstić information content (AvgIpc) is 3.08. The van der Waals surface area contributed by atoms with Crippen molar-refractivity contribution in [1.82, 2.24) is 10.3 Å². The van der Waals surface area contributed by atoms with Gasteiger partial charge < -0.3 is 19.4 Å². The third kappa shape index (κ3) is 4.10. The Bertz CT molecular complexity index is 619. The molecule has 0 unspecified atom stereocenters. The van der Waals surface area contributed by atoms with Crippen LogP contribution in [0.4, 0.5) is 5.82 Å². The van der Waals surface area contributed by atoms with E-state index < -0.39 is 0 Å². The number of hydrogen-bond acceptors (Lipinski definition) is 5. The summed E-state index contributed by atoms with van der Waals surface area (Å²) in [6.45, 7) is 5.05. The Morgan fingerprint density at radius 1 is 1.35 bits per heavy atom. The van der Waals surface area contributed by atoms with Crippen LogP contribution in [0.3, 0.4) is 0 Å². The number of amides is 1. The van der Waals surface area contributed by atoms with E-state index >= 15 is 0 Å². The molecular weight excluding hydrogens is 294 g/mol. The fourth-order valence-corrected chi connectivity index (χ4v) is 2.59. The van der Waals surface area contributed by atoms with E-state index in [2.05, 4.69) is 15.2 Å². The number of morpholine rings is 1. The Morgan fingerprint density at radius 2 is 2.17 bits per heavy atom. The maximum atomic E-state index is 12.3. The van der Waals surface area contributed by atoms with Crippen molar-refractivity contribution in [3.05, 3.63) is 48.0 Å². The number of rotatable bonds is 5. The second-order valence-corrected chi connectivity index (χ2v) is 5.66. The maximum Gasteiger partial charge on any atom is 0.253 e. The first kappa shape index (κ1) is 15.6. The molecule has 0 radical (unpaired) electrons. The van der Waals surface area contributed by atoms with E-state index in [0.717, 1.165) is 24.7 Å². The predicted octanol–water partition coefficient (Wildman–Crippen LogP) is 1.87. The second-order valence-electron chi connectivity index (χ2n) is 5.66. The van der Waals surface area contributed by atoms with Gasteiger partial charge in [-0.2, -0.15) is 0 Å². The third-order valence-corrected chi connectivity index (χ3v) is 3.81. The van der Waals surface area contributed by atoms with Gasteiger partial charge in [0, 0.05) is 31.7 Å². The maximum absolute atomic E-state index is 12.3. The van der Waals surface area contributed by atoms with Crippen LogP contribution in [0.5, 0.6) is 0 Å². The molecule has 1 atom stereocenters. The summed E-state index contributed by atoms with van der Waals surface area (Å²) in [4.78, 5) is 18.8. The van der Waals surface area contributed by atoms with Gasteiger partial charge in [-0.3, -0.25) is 4.79 Å². The summed E-state index contributed by atoms with van der Waals surface area (Å²) in [6, 6.07) is 7.44. The van der Waals surface area contributed by atoms with E-state index in [0.29, 0.717) is 25.2 Å². The molecule has 122 valence electrons. The zero-order valence-corrected chi connectivity index (χ0v) is 13.2. The molecule has 2 aromatic rings. The Kier molecular flexibility index (Phi) is 4.92. The van der Waals surface area contributed by atoms with E-state index in [9.17, 15) is 4.79 Å². The van der Waals surface area contributed by atoms with Crippen molar-refractivity contribution in [3.8, 4) is 0 Å². The highest BCUT2D eigenvalue weighted by Crippen LogP contribution is 2.13. The molecule has 1 saturated heterocycles. The SMILES string of the molecule is C[C@@H](Cc1ccco1)NC(=O)c1ccc(N2CCOCC2)nc1. The van der Waals surface area contributed by atoms with Crippen molar-refractivity contribution in [1.29, 1.82) is 0 Å². The lowest BCUT2D eigenvalue weighted by molar-refractivity contribution is 0.0939. The summed E-state index contributed by atoms with van der Waals surface area (Å²) in [7, 11) is 0. The molecule has 3 heterocycles. The van der Waals surface area contributed by atoms with Gasteiger partial charge in [-0.05, 0) is 31.2 Å². The van der Waals surface area contributed by atoms with Crippen molar-refractivity contribution in [3.63, 3.8) is 0 Å². The zero-order valence-electron chi connectivity index (χ0n) is 13.2. The van der Waals surface area contributed by atoms with Crippen LogP contribution in [0.25, 0.3) is 0 Å². The third-order valence-electron chi connectivity index (χ3n) is 3.81. The minimum Gasteiger partial charge on any atom is -0.469 e. The first-order chi connectivity index (χ1) is 11.2. The summed E-state index contributed by atoms with van der Waals surface area (Å²) in [5, 5.41) is 2.96. The van der Waals surface area contributed by atoms with Crippen molar-refractivity contribution in [2.45, 2.75) is 19.4 Å². The lowest BCUT2D eigenvalue weighted by Crippen LogP contribution is -2.37. The van der Waals surface area contributed by atoms with Gasteiger partial charge in [0.25, 0.3) is 5.91 Å². The number of aromatic nitrogens is 1. The molecule has 0 aliphatic carbocycles. The highest BCUT2D eigenvalue weighted by atomic mass is 16.5. The molecule has 1 aliphatic rings. The van der Waals surface area contributed by atoms with Crippen LogP contribution in [0, 0.1) is 0 Å². The van der Waals surface area contributed by atoms with Gasteiger partial charge in [-0.25, -0.2) is 4.98 Å². The molecule has 0 saturated carbocycles. The summed E-state index contributed by atoms with van der Waals surface area (Å²) in [5.74, 6) is 1.62. The van der Waals surface area contributed by atoms with Gasteiger partial charge in [0.2, 0.25) is 0 Å². The number of pyridine rings is 1. The molecule has 6 heteroatoms. The van der Waals surface area contributed by atoms with Crippen molar-refractivity contribution < 1.29 is 13.9 Å². The summed E-state index contributed by atoms with van der Waals surface area (Å²) in [6.07, 6.45) is 3.93. The van der Waals surface area contributed by atoms with Gasteiger partial charge in [0.1, 0.15) is 11.6 Å². The summed E-state index contributed by atoms with van der Waals surface area (Å²) < 4.78 is 10.6. The van der Waals surface area contributed by atoms with Crippen LogP contribution < -0.4 is 10.2 Å². The van der Waals surface area contributed by atoms with Crippen molar-refractivity contribution in [2.75, 3.05) is 31.2 Å². The van der Waals surface area contributed by atoms with Gasteiger partial charge in [0.05, 0.1) is 25.0 Å². The first-order valence-electron chi connectivity index (χ1n) is 7.84. The van der Waals surface area contributed by atoms with Crippen LogP contribution in [0.2, 0.25) is 0 Å². The quantitative estimate of drug-likeness (QED) is 0.912. The van der Waals surface area contributed by atoms with Crippen LogP contribution in [0.15, 0.2) is 41.1 Å². The van der Waals surface area contributed by atoms with E-state index in [4.69, 9.17) is 9.15 Å². The normalized spacial score (nSPS) is 16.1. The number of nitrogens with zero attached hydrogens (tertiary/aromatic N) is 2. The average molecular weight is 315 g/mol. The van der Waals surface area contributed by atoms with Crippen molar-refractivity contribution >= 4 is 11.7 Å². The standard InChI is InChI=1S/C17H21N3O3/c1-13(11-15-3-2-8-23-15)19-17(21)14-4-5-16(18-12-14)20-6-9-22-10-7-20/h2-5,8,12-13H,6-7,9-11H2,1H3,(H,19,21)/t13-/m0/s1. The lowest BCUT2D eigenvalue weighted by atomic mass is 10.1. The molecule has 3 rings (SSSR count). The summed E-state index contributed by atoms with van der Waals surface area (Å²) in [5.41, 5.74) is 0.563. The molecule has 0 aromatic carbocycles. The molecule has 1 amide bonds. The van der Waals surface area contributed by atoms with E-state index in [1.807, 2.05) is 31.2 Å². The molecule has 0 spiro atoms. The van der Waals surface area contributed by atoms with Gasteiger partial charge in [0.15, 0.2) is 0 Å². The Hall–Kier alpha value is -2.34. The molecule has 2 aromatic heterocycles. The number of hydrogen-bond donors (Lipinski definition) is 1. The van der Waals surface area contributed by atoms with Crippen LogP contribution in [-0.4, -0.2) is 43.2 Å². The molecule has 1 fully saturated rings. The minimum absolute atomic E-state index is 0.00688. The number of nitrogens with one attached hydrogen (secondary N) is 1. The van der Waals surface area contributed by atoms with Crippen LogP contribution >= 0.6 is 0 Å². The number of anilines is 1. The number of furan rings is 1. The Balaban J connectivity index is 1.56. The molecule has 6 nitrogen and oxygen atoms in total. The molecule has 23 heavy (non-hydrogen) atoms. The van der Waals surface area contributed by atoms with Gasteiger partial charge in [-0.15, -0.1) is 0 Å². The smallest absolute Gasteiger partial charge is 0.253 e. The van der Waals surface area contributed by atoms with E-state index in [1.54, 1.807) is 12.5 Å². The molecule has 0 bridgehead atoms. The fourth-order valence-electron chi connectivity index (χ4n) is 2.59. The Morgan fingerprint density at radius 3 is 2.83 bits per heavy atom. The number of carbonyl (C=O) groups excluding carboxylic acids is 1. The molecule has 1 aliphatic heterocycles. The van der Waals surface area contributed by atoms with Crippen LogP contribution in [0.1, 0.15) is 23.0 Å². The fraction of sp³-hybridized carbons (Fsp3) is 0.412. The van der Waals surface area contributed by atoms with Crippen molar-refractivity contribution in [2.24, 2.45) is 0 Å². The molecular formula is C17H21N3O3. The molecule has 1 N–H and O–H groups in total. The zero-order chi connectivity index (χ0) is 16.1. The van der Waals surface area contributed by atoms with Crippen LogP contribution in [-0.2, 0) is 11.2 Å². The first-order valence-corrected chi connectivity index (χ1v) is 7.84. The lowest BCUT2D eigenvalue weighted by Gasteiger charge is -2.27. The highest BCUT2D eigenvalue weighted by molar-refractivity contribution is 5.94. The van der Waals surface area contributed by atoms with Gasteiger partial charge >= 0.3 is 0 Å². The number of carbonyl (C=O) groups is 1. The predicted molar refractivity (Wildman–Crippen MR) is 86.6 cm³/mol. The highest BCUT2D eigenvalue weighted by Gasteiger charge is 2.15. The van der Waals surface area contributed by atoms with Gasteiger partial charge in [-0.1, -0.05) is 0 Å². The van der Waals surface area contributed by atoms with E-state index in [1.165, 1.54) is 0 Å². The summed E-state index contributed by atoms with van der Waals surface area (Å²) >= 11 is 0. The van der Waals surface area contributed by atoms with E-state index in [-0.39, 0.29) is 11.9 Å². The largest absolute Gasteiger partial charge is 0.469 e. The number of ether oxygens (including phenoxy) is 1. The monoisotopic (exact) mass is 315 g/mol. The topological polar surface area (TPSA) is 67.6 Å².